The van der Waals surface area contributed by atoms with Gasteiger partial charge in [-0.25, -0.2) is 4.79 Å². The number of carboxylic acid groups (broad SMARTS) is 1. The van der Waals surface area contributed by atoms with Crippen molar-refractivity contribution in [3.05, 3.63) is 29.8 Å². The first-order valence-corrected chi connectivity index (χ1v) is 2.72. The maximum atomic E-state index is 10.2. The molecule has 0 unspecified atom stereocenters. The van der Waals surface area contributed by atoms with Crippen LogP contribution >= 0.6 is 0 Å². The van der Waals surface area contributed by atoms with Crippen LogP contribution in [-0.4, -0.2) is 16.2 Å². The first-order valence-electron chi connectivity index (χ1n) is 2.72. The van der Waals surface area contributed by atoms with Crippen molar-refractivity contribution in [1.82, 2.24) is 0 Å². The van der Waals surface area contributed by atoms with Crippen LogP contribution in [-0.2, 0) is 17.1 Å². The smallest absolute Gasteiger partial charge is 0.335 e. The number of aromatic carboxylic acids is 1. The van der Waals surface area contributed by atoms with Crippen molar-refractivity contribution in [1.29, 1.82) is 0 Å². The normalized spacial score (nSPS) is 8.36. The molecule has 1 rings (SSSR count). The molecule has 0 spiro atoms. The molecule has 2 N–H and O–H groups in total. The van der Waals surface area contributed by atoms with Crippen molar-refractivity contribution < 1.29 is 32.1 Å². The van der Waals surface area contributed by atoms with Gasteiger partial charge in [-0.1, -0.05) is 6.07 Å². The Hall–Kier alpha value is -0.991. The molecule has 0 heterocycles. The van der Waals surface area contributed by atoms with E-state index in [0.29, 0.717) is 0 Å². The summed E-state index contributed by atoms with van der Waals surface area (Å²) in [6.07, 6.45) is 0. The Bertz CT molecular complexity index is 260. The summed E-state index contributed by atoms with van der Waals surface area (Å²) >= 11 is 0. The van der Waals surface area contributed by atoms with Crippen molar-refractivity contribution in [3.63, 3.8) is 0 Å². The Morgan fingerprint density at radius 2 is 2.00 bits per heavy atom. The van der Waals surface area contributed by atoms with E-state index >= 15 is 0 Å². The van der Waals surface area contributed by atoms with Gasteiger partial charge in [0.05, 0.1) is 5.56 Å². The molecule has 0 aliphatic carbocycles. The van der Waals surface area contributed by atoms with Gasteiger partial charge in [-0.15, -0.1) is 0 Å². The summed E-state index contributed by atoms with van der Waals surface area (Å²) in [6.45, 7) is 0. The van der Waals surface area contributed by atoms with E-state index in [1.807, 2.05) is 0 Å². The molecule has 0 fully saturated rings. The van der Waals surface area contributed by atoms with Crippen LogP contribution in [0.3, 0.4) is 0 Å². The molecular weight excluding hydrogens is 188 g/mol. The largest absolute Gasteiger partial charge is 0.508 e. The Kier molecular flexibility index (Phi) is 3.65. The van der Waals surface area contributed by atoms with Crippen LogP contribution in [0.1, 0.15) is 10.4 Å². The van der Waals surface area contributed by atoms with E-state index in [0.717, 1.165) is 0 Å². The fourth-order valence-corrected chi connectivity index (χ4v) is 0.639. The van der Waals surface area contributed by atoms with Crippen LogP contribution in [0.4, 0.5) is 0 Å². The monoisotopic (exact) mass is 194 g/mol. The van der Waals surface area contributed by atoms with Gasteiger partial charge >= 0.3 is 5.97 Å². The number of hydrogen-bond acceptors (Lipinski definition) is 2. The molecule has 0 aromatic heterocycles. The van der Waals surface area contributed by atoms with Gasteiger partial charge in [0.1, 0.15) is 5.75 Å². The number of carboxylic acids is 1. The number of phenols is 1. The van der Waals surface area contributed by atoms with Gasteiger partial charge in [0.2, 0.25) is 0 Å². The predicted octanol–water partition coefficient (Wildman–Crippen LogP) is 1.09. The second-order valence-electron chi connectivity index (χ2n) is 1.86. The maximum Gasteiger partial charge on any atom is 0.335 e. The van der Waals surface area contributed by atoms with Crippen molar-refractivity contribution in [2.45, 2.75) is 0 Å². The first kappa shape index (κ1) is 10.0. The van der Waals surface area contributed by atoms with Crippen LogP contribution in [0.15, 0.2) is 24.3 Å². The van der Waals surface area contributed by atoms with Gasteiger partial charge in [0, 0.05) is 17.1 Å². The van der Waals surface area contributed by atoms with Gasteiger partial charge in [0.15, 0.2) is 0 Å². The number of phenolic OH excluding ortho intramolecular Hbond substituents is 1. The summed E-state index contributed by atoms with van der Waals surface area (Å²) in [5.74, 6) is -1.06. The second-order valence-corrected chi connectivity index (χ2v) is 1.86. The van der Waals surface area contributed by atoms with Crippen LogP contribution in [0.25, 0.3) is 0 Å². The summed E-state index contributed by atoms with van der Waals surface area (Å²) in [5.41, 5.74) is 0.0972. The molecule has 0 atom stereocenters. The maximum absolute atomic E-state index is 10.2. The number of carbonyl (C=O) groups is 1. The summed E-state index contributed by atoms with van der Waals surface area (Å²) in [6, 6.07) is 5.52. The molecule has 0 bridgehead atoms. The number of hydrogen-bond donors (Lipinski definition) is 2. The first-order chi connectivity index (χ1) is 4.70. The third kappa shape index (κ3) is 2.62. The Morgan fingerprint density at radius 1 is 1.36 bits per heavy atom. The van der Waals surface area contributed by atoms with Crippen molar-refractivity contribution in [2.24, 2.45) is 0 Å². The summed E-state index contributed by atoms with van der Waals surface area (Å²) in [5, 5.41) is 17.2. The molecule has 1 aromatic rings. The molecule has 0 saturated heterocycles. The van der Waals surface area contributed by atoms with Crippen LogP contribution in [0.2, 0.25) is 0 Å². The Morgan fingerprint density at radius 3 is 2.36 bits per heavy atom. The van der Waals surface area contributed by atoms with Crippen molar-refractivity contribution >= 4 is 5.97 Å². The second kappa shape index (κ2) is 4.01. The molecule has 11 heavy (non-hydrogen) atoms. The van der Waals surface area contributed by atoms with Gasteiger partial charge in [-0.05, 0) is 18.2 Å². The molecule has 3 nitrogen and oxygen atoms in total. The average molecular weight is 194 g/mol. The minimum Gasteiger partial charge on any atom is -0.508 e. The van der Waals surface area contributed by atoms with Crippen LogP contribution < -0.4 is 0 Å². The topological polar surface area (TPSA) is 57.5 Å². The fraction of sp³-hybridized carbons (Fsp3) is 0. The third-order valence-corrected chi connectivity index (χ3v) is 1.09. The molecular formula is C7H6FeO3. The molecule has 0 saturated carbocycles. The number of rotatable bonds is 1. The fourth-order valence-electron chi connectivity index (χ4n) is 0.639. The minimum absolute atomic E-state index is 0. The van der Waals surface area contributed by atoms with E-state index in [1.165, 1.54) is 24.3 Å². The summed E-state index contributed by atoms with van der Waals surface area (Å²) in [4.78, 5) is 10.2. The zero-order valence-corrected chi connectivity index (χ0v) is 6.57. The molecule has 0 aliphatic heterocycles. The number of aromatic hydroxyl groups is 1. The Balaban J connectivity index is 0.000001000. The van der Waals surface area contributed by atoms with Crippen molar-refractivity contribution in [3.8, 4) is 5.75 Å². The molecule has 4 heteroatoms. The van der Waals surface area contributed by atoms with E-state index in [9.17, 15) is 4.79 Å². The van der Waals surface area contributed by atoms with E-state index < -0.39 is 5.97 Å². The van der Waals surface area contributed by atoms with Crippen LogP contribution in [0, 0.1) is 0 Å². The molecule has 60 valence electrons. The van der Waals surface area contributed by atoms with Gasteiger partial charge < -0.3 is 10.2 Å². The van der Waals surface area contributed by atoms with Gasteiger partial charge in [-0.2, -0.15) is 0 Å². The standard InChI is InChI=1S/C7H6O3.Fe/c8-6-3-1-2-5(4-6)7(9)10;/h1-4,8H,(H,9,10);. The average Bonchev–Trinajstić information content (AvgIpc) is 1.88. The SMILES string of the molecule is O=C(O)c1cccc(O)c1.[Fe]. The van der Waals surface area contributed by atoms with E-state index in [4.69, 9.17) is 10.2 Å². The quantitative estimate of drug-likeness (QED) is 0.657. The van der Waals surface area contributed by atoms with E-state index in [-0.39, 0.29) is 28.4 Å². The molecule has 0 amide bonds. The summed E-state index contributed by atoms with van der Waals surface area (Å²) < 4.78 is 0. The zero-order valence-electron chi connectivity index (χ0n) is 5.47. The van der Waals surface area contributed by atoms with Gasteiger partial charge in [-0.3, -0.25) is 0 Å². The number of benzene rings is 1. The van der Waals surface area contributed by atoms with Crippen molar-refractivity contribution in [2.75, 3.05) is 0 Å². The minimum atomic E-state index is -1.03. The zero-order chi connectivity index (χ0) is 7.56. The van der Waals surface area contributed by atoms with E-state index in [1.54, 1.807) is 0 Å². The third-order valence-electron chi connectivity index (χ3n) is 1.09. The molecule has 0 radical (unpaired) electrons. The Labute approximate surface area is 74.1 Å². The summed E-state index contributed by atoms with van der Waals surface area (Å²) in [7, 11) is 0. The molecule has 1 aromatic carbocycles. The molecule has 0 aliphatic rings. The van der Waals surface area contributed by atoms with E-state index in [2.05, 4.69) is 0 Å². The predicted molar refractivity (Wildman–Crippen MR) is 35.1 cm³/mol. The van der Waals surface area contributed by atoms with Gasteiger partial charge in [0.25, 0.3) is 0 Å². The van der Waals surface area contributed by atoms with Crippen LogP contribution in [0.5, 0.6) is 5.75 Å².